The lowest BCUT2D eigenvalue weighted by molar-refractivity contribution is -0.402. The number of anilines is 2. The zero-order valence-corrected chi connectivity index (χ0v) is 18.3. The Hall–Kier alpha value is -3.46. The first kappa shape index (κ1) is 21.8. The minimum absolute atomic E-state index is 0.239. The van der Waals surface area contributed by atoms with Crippen molar-refractivity contribution in [1.29, 1.82) is 0 Å². The average molecular weight is 437 g/mol. The molecule has 1 aliphatic carbocycles. The molecule has 1 fully saturated rings. The first-order chi connectivity index (χ1) is 15.5. The van der Waals surface area contributed by atoms with Gasteiger partial charge in [-0.3, -0.25) is 10.1 Å². The van der Waals surface area contributed by atoms with Gasteiger partial charge in [0.1, 0.15) is 16.5 Å². The van der Waals surface area contributed by atoms with E-state index < -0.39 is 4.92 Å². The second-order valence-electron chi connectivity index (χ2n) is 8.22. The smallest absolute Gasteiger partial charge is 0.401 e. The lowest BCUT2D eigenvalue weighted by Gasteiger charge is -2.29. The summed E-state index contributed by atoms with van der Waals surface area (Å²) in [7, 11) is 3.99. The van der Waals surface area contributed by atoms with Crippen LogP contribution in [0.1, 0.15) is 31.4 Å². The summed E-state index contributed by atoms with van der Waals surface area (Å²) in [5.41, 5.74) is 0.942. The van der Waals surface area contributed by atoms with Crippen LogP contribution in [0.25, 0.3) is 17.0 Å². The number of rotatable bonds is 8. The maximum absolute atomic E-state index is 10.7. The van der Waals surface area contributed by atoms with Gasteiger partial charge in [0.05, 0.1) is 11.6 Å². The molecule has 0 bridgehead atoms. The first-order valence-corrected chi connectivity index (χ1v) is 10.8. The summed E-state index contributed by atoms with van der Waals surface area (Å²) in [6, 6.07) is 11.8. The van der Waals surface area contributed by atoms with Crippen molar-refractivity contribution in [3.8, 4) is 0 Å². The van der Waals surface area contributed by atoms with Crippen LogP contribution in [0.5, 0.6) is 0 Å². The zero-order chi connectivity index (χ0) is 22.5. The van der Waals surface area contributed by atoms with Crippen LogP contribution in [-0.2, 0) is 0 Å². The van der Waals surface area contributed by atoms with Crippen LogP contribution in [-0.4, -0.2) is 47.6 Å². The molecule has 1 aliphatic rings. The third kappa shape index (κ3) is 5.23. The summed E-state index contributed by atoms with van der Waals surface area (Å²) in [5, 5.41) is 18.8. The molecule has 168 valence electrons. The largest absolute Gasteiger partial charge is 0.433 e. The molecule has 0 amide bonds. The van der Waals surface area contributed by atoms with Crippen LogP contribution in [0.2, 0.25) is 0 Å². The highest BCUT2D eigenvalue weighted by Gasteiger charge is 2.21. The van der Waals surface area contributed by atoms with E-state index in [1.54, 1.807) is 12.1 Å². The van der Waals surface area contributed by atoms with E-state index in [9.17, 15) is 10.1 Å². The van der Waals surface area contributed by atoms with Crippen molar-refractivity contribution >= 4 is 34.6 Å². The van der Waals surface area contributed by atoms with Crippen molar-refractivity contribution in [2.75, 3.05) is 30.9 Å². The molecule has 9 nitrogen and oxygen atoms in total. The lowest BCUT2D eigenvalue weighted by atomic mass is 9.91. The number of hydrogen-bond acceptors (Lipinski definition) is 8. The number of hydrogen-bond donors (Lipinski definition) is 2. The minimum Gasteiger partial charge on any atom is -0.401 e. The van der Waals surface area contributed by atoms with E-state index in [1.165, 1.54) is 6.07 Å². The molecular weight excluding hydrogens is 408 g/mol. The van der Waals surface area contributed by atoms with E-state index >= 15 is 0 Å². The summed E-state index contributed by atoms with van der Waals surface area (Å²) in [6.45, 7) is 0.692. The summed E-state index contributed by atoms with van der Waals surface area (Å²) in [5.74, 6) is 1.84. The van der Waals surface area contributed by atoms with Gasteiger partial charge in [-0.1, -0.05) is 18.2 Å². The van der Waals surface area contributed by atoms with Gasteiger partial charge < -0.3 is 20.0 Å². The van der Waals surface area contributed by atoms with Gasteiger partial charge in [0.2, 0.25) is 5.95 Å². The molecule has 0 aliphatic heterocycles. The molecule has 32 heavy (non-hydrogen) atoms. The Morgan fingerprint density at radius 1 is 1.12 bits per heavy atom. The van der Waals surface area contributed by atoms with Crippen LogP contribution in [0.4, 0.5) is 17.7 Å². The summed E-state index contributed by atoms with van der Waals surface area (Å²) in [4.78, 5) is 21.6. The molecule has 2 N–H and O–H groups in total. The van der Waals surface area contributed by atoms with Gasteiger partial charge in [0, 0.05) is 38.1 Å². The van der Waals surface area contributed by atoms with E-state index in [0.717, 1.165) is 42.4 Å². The Morgan fingerprint density at radius 3 is 2.59 bits per heavy atom. The molecule has 0 atom stereocenters. The number of furan rings is 1. The highest BCUT2D eigenvalue weighted by Crippen LogP contribution is 2.26. The average Bonchev–Trinajstić information content (AvgIpc) is 3.26. The second kappa shape index (κ2) is 9.78. The molecule has 0 saturated heterocycles. The Balaban J connectivity index is 1.27. The fraction of sp³-hybridized carbons (Fsp3) is 0.391. The monoisotopic (exact) mass is 436 g/mol. The number of fused-ring (bicyclic) bond motifs is 1. The molecule has 0 spiro atoms. The molecule has 9 heteroatoms. The van der Waals surface area contributed by atoms with Gasteiger partial charge in [0.25, 0.3) is 0 Å². The topological polar surface area (TPSA) is 109 Å². The van der Waals surface area contributed by atoms with Crippen LogP contribution < -0.4 is 15.5 Å². The molecule has 1 aromatic carbocycles. The van der Waals surface area contributed by atoms with E-state index in [1.807, 2.05) is 49.3 Å². The Morgan fingerprint density at radius 2 is 1.88 bits per heavy atom. The third-order valence-electron chi connectivity index (χ3n) is 5.67. The van der Waals surface area contributed by atoms with E-state index in [-0.39, 0.29) is 5.88 Å². The van der Waals surface area contributed by atoms with Gasteiger partial charge in [0.15, 0.2) is 0 Å². The number of nitro groups is 1. The van der Waals surface area contributed by atoms with Crippen molar-refractivity contribution in [2.24, 2.45) is 0 Å². The van der Waals surface area contributed by atoms with Crippen LogP contribution in [0, 0.1) is 10.1 Å². The van der Waals surface area contributed by atoms with Crippen molar-refractivity contribution < 1.29 is 9.34 Å². The fourth-order valence-corrected chi connectivity index (χ4v) is 4.03. The van der Waals surface area contributed by atoms with E-state index in [2.05, 4.69) is 10.6 Å². The van der Waals surface area contributed by atoms with Crippen LogP contribution in [0.3, 0.4) is 0 Å². The Bertz CT molecular complexity index is 1100. The predicted molar refractivity (Wildman–Crippen MR) is 126 cm³/mol. The molecule has 4 rings (SSSR count). The number of nitrogens with one attached hydrogen (secondary N) is 2. The second-order valence-corrected chi connectivity index (χ2v) is 8.22. The SMILES string of the molecule is CN(C)c1nc(NC2CCC(NC/C=C/c3ccc([N+](=O)[O-])o3)CC2)nc2ccccc12. The normalized spacial score (nSPS) is 18.8. The van der Waals surface area contributed by atoms with Crippen molar-refractivity contribution in [1.82, 2.24) is 15.3 Å². The number of para-hydroxylation sites is 1. The standard InChI is InChI=1S/C23H28N6O3/c1-28(2)22-19-7-3-4-8-20(19)26-23(27-22)25-17-11-9-16(10-12-17)24-15-5-6-18-13-14-21(32-18)29(30)31/h3-8,13-14,16-17,24H,9-12,15H2,1-2H3,(H,25,26,27)/b6-5+. The minimum atomic E-state index is -0.535. The van der Waals surface area contributed by atoms with Crippen molar-refractivity contribution in [2.45, 2.75) is 37.8 Å². The van der Waals surface area contributed by atoms with Gasteiger partial charge >= 0.3 is 5.88 Å². The Kier molecular flexibility index (Phi) is 6.65. The molecule has 0 radical (unpaired) electrons. The molecule has 3 aromatic rings. The molecular formula is C23H28N6O3. The molecule has 1 saturated carbocycles. The van der Waals surface area contributed by atoms with E-state index in [0.29, 0.717) is 30.3 Å². The summed E-state index contributed by atoms with van der Waals surface area (Å²) in [6.07, 6.45) is 7.89. The van der Waals surface area contributed by atoms with Crippen molar-refractivity contribution in [3.05, 3.63) is 58.3 Å². The number of aromatic nitrogens is 2. The lowest BCUT2D eigenvalue weighted by Crippen LogP contribution is -2.37. The zero-order valence-electron chi connectivity index (χ0n) is 18.3. The molecule has 2 heterocycles. The maximum atomic E-state index is 10.7. The quantitative estimate of drug-likeness (QED) is 0.399. The van der Waals surface area contributed by atoms with Crippen LogP contribution in [0.15, 0.2) is 46.9 Å². The predicted octanol–water partition coefficient (Wildman–Crippen LogP) is 4.22. The molecule has 0 unspecified atom stereocenters. The van der Waals surface area contributed by atoms with Crippen molar-refractivity contribution in [3.63, 3.8) is 0 Å². The van der Waals surface area contributed by atoms with Gasteiger partial charge in [-0.25, -0.2) is 4.98 Å². The third-order valence-corrected chi connectivity index (χ3v) is 5.67. The number of nitrogens with zero attached hydrogens (tertiary/aromatic N) is 4. The summed E-state index contributed by atoms with van der Waals surface area (Å²) >= 11 is 0. The van der Waals surface area contributed by atoms with E-state index in [4.69, 9.17) is 14.4 Å². The number of benzene rings is 1. The fourth-order valence-electron chi connectivity index (χ4n) is 4.03. The maximum Gasteiger partial charge on any atom is 0.433 e. The van der Waals surface area contributed by atoms with Gasteiger partial charge in [-0.2, -0.15) is 4.98 Å². The van der Waals surface area contributed by atoms with Gasteiger partial charge in [-0.15, -0.1) is 0 Å². The van der Waals surface area contributed by atoms with Crippen LogP contribution >= 0.6 is 0 Å². The highest BCUT2D eigenvalue weighted by molar-refractivity contribution is 5.90. The first-order valence-electron chi connectivity index (χ1n) is 10.8. The highest BCUT2D eigenvalue weighted by atomic mass is 16.6. The summed E-state index contributed by atoms with van der Waals surface area (Å²) < 4.78 is 5.12. The van der Waals surface area contributed by atoms with Gasteiger partial charge in [-0.05, 0) is 50.0 Å². The molecule has 2 aromatic heterocycles. The Labute approximate surface area is 186 Å².